The zero-order chi connectivity index (χ0) is 15.7. The van der Waals surface area contributed by atoms with Gasteiger partial charge in [-0.1, -0.05) is 0 Å². The first-order valence-corrected chi connectivity index (χ1v) is 8.98. The number of ether oxygens (including phenoxy) is 1. The summed E-state index contributed by atoms with van der Waals surface area (Å²) in [5, 5.41) is 6.21. The smallest absolute Gasteiger partial charge is 0.249 e. The van der Waals surface area contributed by atoms with E-state index in [0.29, 0.717) is 5.92 Å². The molecule has 6 heteroatoms. The first-order chi connectivity index (χ1) is 10.5. The van der Waals surface area contributed by atoms with Gasteiger partial charge in [0.2, 0.25) is 5.91 Å². The van der Waals surface area contributed by atoms with Crippen molar-refractivity contribution in [3.63, 3.8) is 0 Å². The van der Waals surface area contributed by atoms with Crippen LogP contribution in [0.15, 0.2) is 5.38 Å². The van der Waals surface area contributed by atoms with Crippen LogP contribution in [-0.4, -0.2) is 47.1 Å². The molecule has 3 heterocycles. The summed E-state index contributed by atoms with van der Waals surface area (Å²) >= 11 is 1.70. The second-order valence-corrected chi connectivity index (χ2v) is 7.77. The minimum Gasteiger partial charge on any atom is -0.364 e. The molecule has 2 fully saturated rings. The first-order valence-electron chi connectivity index (χ1n) is 8.10. The molecule has 5 nitrogen and oxygen atoms in total. The maximum Gasteiger partial charge on any atom is 0.249 e. The highest BCUT2D eigenvalue weighted by Gasteiger charge is 2.41. The number of carbonyl (C=O) groups excluding carboxylic acids is 1. The number of hydrogen-bond donors (Lipinski definition) is 1. The lowest BCUT2D eigenvalue weighted by atomic mass is 9.91. The molecule has 0 unspecified atom stereocenters. The van der Waals surface area contributed by atoms with Crippen LogP contribution in [0, 0.1) is 12.8 Å². The molecular weight excluding hydrogens is 298 g/mol. The summed E-state index contributed by atoms with van der Waals surface area (Å²) in [6.07, 6.45) is 1.90. The molecule has 1 aromatic heterocycles. The van der Waals surface area contributed by atoms with Gasteiger partial charge in [0.25, 0.3) is 0 Å². The summed E-state index contributed by atoms with van der Waals surface area (Å²) < 4.78 is 6.03. The van der Waals surface area contributed by atoms with Crippen LogP contribution in [0.2, 0.25) is 0 Å². The molecule has 3 atom stereocenters. The summed E-state index contributed by atoms with van der Waals surface area (Å²) in [5.74, 6) is 0.572. The number of piperidine rings is 1. The molecule has 2 aliphatic rings. The summed E-state index contributed by atoms with van der Waals surface area (Å²) in [6.45, 7) is 8.87. The number of aromatic nitrogens is 1. The van der Waals surface area contributed by atoms with E-state index in [-0.39, 0.29) is 24.2 Å². The molecule has 0 aromatic carbocycles. The Balaban J connectivity index is 1.54. The van der Waals surface area contributed by atoms with Gasteiger partial charge in [-0.05, 0) is 46.1 Å². The van der Waals surface area contributed by atoms with E-state index in [1.165, 1.54) is 0 Å². The molecule has 0 aliphatic carbocycles. The third-order valence-corrected chi connectivity index (χ3v) is 5.23. The van der Waals surface area contributed by atoms with Crippen molar-refractivity contribution in [1.82, 2.24) is 15.2 Å². The normalized spacial score (nSPS) is 28.8. The Hall–Kier alpha value is -0.980. The van der Waals surface area contributed by atoms with E-state index in [9.17, 15) is 4.79 Å². The highest BCUT2D eigenvalue weighted by molar-refractivity contribution is 7.09. The number of aryl methyl sites for hydroxylation is 1. The van der Waals surface area contributed by atoms with E-state index in [4.69, 9.17) is 4.74 Å². The number of amides is 1. The Morgan fingerprint density at radius 3 is 3.09 bits per heavy atom. The van der Waals surface area contributed by atoms with Gasteiger partial charge in [0, 0.05) is 24.5 Å². The Morgan fingerprint density at radius 1 is 1.59 bits per heavy atom. The van der Waals surface area contributed by atoms with Crippen LogP contribution in [0.25, 0.3) is 0 Å². The standard InChI is InChI=1S/C16H25N3O2S/c1-10(2)17-16(20)14-6-12-4-5-19(8-15(12)21-14)7-13-9-22-11(3)18-13/h9-10,12,14-15H,4-8H2,1-3H3,(H,17,20)/t12-,14-,15+/m0/s1. The number of likely N-dealkylation sites (tertiary alicyclic amines) is 1. The highest BCUT2D eigenvalue weighted by Crippen LogP contribution is 2.33. The summed E-state index contributed by atoms with van der Waals surface area (Å²) in [6, 6.07) is 0.170. The fraction of sp³-hybridized carbons (Fsp3) is 0.750. The summed E-state index contributed by atoms with van der Waals surface area (Å²) in [5.41, 5.74) is 1.15. The molecule has 2 aliphatic heterocycles. The predicted octanol–water partition coefficient (Wildman–Crippen LogP) is 1.96. The van der Waals surface area contributed by atoms with E-state index in [0.717, 1.165) is 43.2 Å². The monoisotopic (exact) mass is 323 g/mol. The van der Waals surface area contributed by atoms with E-state index in [2.05, 4.69) is 20.6 Å². The zero-order valence-electron chi connectivity index (χ0n) is 13.5. The van der Waals surface area contributed by atoms with Crippen molar-refractivity contribution in [2.24, 2.45) is 5.92 Å². The number of fused-ring (bicyclic) bond motifs is 1. The summed E-state index contributed by atoms with van der Waals surface area (Å²) in [4.78, 5) is 19.1. The fourth-order valence-electron chi connectivity index (χ4n) is 3.39. The Kier molecular flexibility index (Phi) is 4.80. The van der Waals surface area contributed by atoms with Crippen molar-refractivity contribution in [2.75, 3.05) is 13.1 Å². The van der Waals surface area contributed by atoms with Crippen LogP contribution in [0.4, 0.5) is 0 Å². The van der Waals surface area contributed by atoms with Crippen LogP contribution in [0.1, 0.15) is 37.4 Å². The number of nitrogens with zero attached hydrogens (tertiary/aromatic N) is 2. The predicted molar refractivity (Wildman–Crippen MR) is 86.8 cm³/mol. The topological polar surface area (TPSA) is 54.5 Å². The van der Waals surface area contributed by atoms with Gasteiger partial charge in [0.1, 0.15) is 6.10 Å². The Labute approximate surface area is 136 Å². The molecule has 0 spiro atoms. The zero-order valence-corrected chi connectivity index (χ0v) is 14.4. The highest BCUT2D eigenvalue weighted by atomic mass is 32.1. The van der Waals surface area contributed by atoms with Crippen molar-refractivity contribution >= 4 is 17.2 Å². The maximum atomic E-state index is 12.1. The number of carbonyl (C=O) groups is 1. The van der Waals surface area contributed by atoms with Crippen LogP contribution in [0.3, 0.4) is 0 Å². The lowest BCUT2D eigenvalue weighted by molar-refractivity contribution is -0.133. The third-order valence-electron chi connectivity index (χ3n) is 4.41. The molecule has 2 saturated heterocycles. The quantitative estimate of drug-likeness (QED) is 0.920. The van der Waals surface area contributed by atoms with Crippen LogP contribution in [0.5, 0.6) is 0 Å². The second-order valence-electron chi connectivity index (χ2n) is 6.70. The Bertz CT molecular complexity index is 531. The van der Waals surface area contributed by atoms with Crippen molar-refractivity contribution < 1.29 is 9.53 Å². The van der Waals surface area contributed by atoms with Crippen molar-refractivity contribution in [3.05, 3.63) is 16.1 Å². The van der Waals surface area contributed by atoms with Gasteiger partial charge in [0.15, 0.2) is 0 Å². The average Bonchev–Trinajstić information content (AvgIpc) is 3.04. The molecule has 0 bridgehead atoms. The van der Waals surface area contributed by atoms with Crippen molar-refractivity contribution in [3.8, 4) is 0 Å². The fourth-order valence-corrected chi connectivity index (χ4v) is 4.00. The van der Waals surface area contributed by atoms with Crippen LogP contribution < -0.4 is 5.32 Å². The van der Waals surface area contributed by atoms with Crippen LogP contribution >= 0.6 is 11.3 Å². The maximum absolute atomic E-state index is 12.1. The average molecular weight is 323 g/mol. The molecule has 122 valence electrons. The lowest BCUT2D eigenvalue weighted by Gasteiger charge is -2.33. The van der Waals surface area contributed by atoms with Gasteiger partial charge < -0.3 is 10.1 Å². The third kappa shape index (κ3) is 3.67. The molecule has 22 heavy (non-hydrogen) atoms. The Morgan fingerprint density at radius 2 is 2.41 bits per heavy atom. The van der Waals surface area contributed by atoms with Gasteiger partial charge in [-0.15, -0.1) is 11.3 Å². The number of rotatable bonds is 4. The van der Waals surface area contributed by atoms with Crippen LogP contribution in [-0.2, 0) is 16.1 Å². The minimum absolute atomic E-state index is 0.0473. The molecule has 0 radical (unpaired) electrons. The largest absolute Gasteiger partial charge is 0.364 e. The molecule has 1 amide bonds. The second kappa shape index (κ2) is 6.64. The van der Waals surface area contributed by atoms with Crippen molar-refractivity contribution in [2.45, 2.75) is 58.4 Å². The van der Waals surface area contributed by atoms with E-state index in [1.807, 2.05) is 20.8 Å². The summed E-state index contributed by atoms with van der Waals surface area (Å²) in [7, 11) is 0. The molecule has 3 rings (SSSR count). The molecule has 1 N–H and O–H groups in total. The number of thiazole rings is 1. The lowest BCUT2D eigenvalue weighted by Crippen LogP contribution is -2.42. The van der Waals surface area contributed by atoms with Crippen molar-refractivity contribution in [1.29, 1.82) is 0 Å². The molecular formula is C16H25N3O2S. The van der Waals surface area contributed by atoms with E-state index in [1.54, 1.807) is 11.3 Å². The van der Waals surface area contributed by atoms with Gasteiger partial charge in [-0.2, -0.15) is 0 Å². The van der Waals surface area contributed by atoms with E-state index < -0.39 is 0 Å². The minimum atomic E-state index is -0.265. The first kappa shape index (κ1) is 15.9. The van der Waals surface area contributed by atoms with Gasteiger partial charge in [-0.25, -0.2) is 4.98 Å². The number of hydrogen-bond acceptors (Lipinski definition) is 5. The SMILES string of the molecule is Cc1nc(CN2CC[C@H]3C[C@@H](C(=O)NC(C)C)O[C@@H]3C2)cs1. The molecule has 1 aromatic rings. The molecule has 0 saturated carbocycles. The van der Waals surface area contributed by atoms with Gasteiger partial charge in [0.05, 0.1) is 16.8 Å². The van der Waals surface area contributed by atoms with E-state index >= 15 is 0 Å². The van der Waals surface area contributed by atoms with Gasteiger partial charge >= 0.3 is 0 Å². The number of nitrogens with one attached hydrogen (secondary N) is 1. The van der Waals surface area contributed by atoms with Gasteiger partial charge in [-0.3, -0.25) is 9.69 Å².